The van der Waals surface area contributed by atoms with E-state index in [4.69, 9.17) is 25.1 Å². The first-order valence-corrected chi connectivity index (χ1v) is 6.54. The van der Waals surface area contributed by atoms with E-state index in [-0.39, 0.29) is 13.3 Å². The lowest BCUT2D eigenvalue weighted by atomic mass is 10.1. The van der Waals surface area contributed by atoms with Crippen LogP contribution < -0.4 is 25.3 Å². The van der Waals surface area contributed by atoms with E-state index in [1.54, 1.807) is 36.4 Å². The lowest BCUT2D eigenvalue weighted by molar-refractivity contribution is 0.174. The Bertz CT molecular complexity index is 717. The smallest absolute Gasteiger partial charge is 0.404 e. The van der Waals surface area contributed by atoms with Gasteiger partial charge in [-0.05, 0) is 35.9 Å². The van der Waals surface area contributed by atoms with E-state index in [2.05, 4.69) is 5.32 Å². The number of benzene rings is 2. The first-order chi connectivity index (χ1) is 10.6. The summed E-state index contributed by atoms with van der Waals surface area (Å²) in [6.45, 7) is 0.311. The molecule has 0 unspecified atom stereocenters. The van der Waals surface area contributed by atoms with E-state index in [1.165, 1.54) is 0 Å². The molecule has 4 N–H and O–H groups in total. The number of carbonyl (C=O) groups is 1. The Morgan fingerprint density at radius 3 is 2.73 bits per heavy atom. The summed E-state index contributed by atoms with van der Waals surface area (Å²) in [6.07, 6.45) is -1.11. The summed E-state index contributed by atoms with van der Waals surface area (Å²) in [5.74, 6) is 2.44. The molecule has 7 nitrogen and oxygen atoms in total. The van der Waals surface area contributed by atoms with Crippen LogP contribution in [0.25, 0.3) is 0 Å². The molecule has 2 aromatic carbocycles. The highest BCUT2D eigenvalue weighted by atomic mass is 16.7. The van der Waals surface area contributed by atoms with E-state index >= 15 is 0 Å². The number of carboxylic acid groups (broad SMARTS) is 1. The predicted octanol–water partition coefficient (Wildman–Crippen LogP) is 2.56. The van der Waals surface area contributed by atoms with Crippen molar-refractivity contribution in [3.8, 4) is 23.0 Å². The predicted molar refractivity (Wildman–Crippen MR) is 78.4 cm³/mol. The summed E-state index contributed by atoms with van der Waals surface area (Å²) < 4.78 is 16.3. The molecule has 0 saturated heterocycles. The van der Waals surface area contributed by atoms with Crippen LogP contribution in [0.15, 0.2) is 36.4 Å². The Balaban J connectivity index is 1.77. The average molecular weight is 302 g/mol. The van der Waals surface area contributed by atoms with Gasteiger partial charge in [0.15, 0.2) is 11.5 Å². The Morgan fingerprint density at radius 2 is 1.91 bits per heavy atom. The van der Waals surface area contributed by atoms with Gasteiger partial charge in [0.2, 0.25) is 6.79 Å². The number of nitrogen functional groups attached to an aromatic ring is 1. The highest BCUT2D eigenvalue weighted by molar-refractivity contribution is 5.65. The van der Waals surface area contributed by atoms with Gasteiger partial charge in [0.25, 0.3) is 0 Å². The number of nitrogens with one attached hydrogen (secondary N) is 1. The third kappa shape index (κ3) is 2.98. The van der Waals surface area contributed by atoms with Crippen LogP contribution in [0.1, 0.15) is 5.56 Å². The molecule has 0 atom stereocenters. The summed E-state index contributed by atoms with van der Waals surface area (Å²) in [5.41, 5.74) is 6.95. The molecule has 7 heteroatoms. The molecule has 1 heterocycles. The number of rotatable bonds is 4. The van der Waals surface area contributed by atoms with E-state index in [9.17, 15) is 4.79 Å². The van der Waals surface area contributed by atoms with Gasteiger partial charge in [0.1, 0.15) is 11.5 Å². The molecule has 0 saturated carbocycles. The molecule has 2 aromatic rings. The Kier molecular flexibility index (Phi) is 3.61. The summed E-state index contributed by atoms with van der Waals surface area (Å²) in [5, 5.41) is 10.9. The van der Waals surface area contributed by atoms with Gasteiger partial charge in [-0.2, -0.15) is 0 Å². The van der Waals surface area contributed by atoms with Crippen LogP contribution in [0.4, 0.5) is 10.5 Å². The number of ether oxygens (including phenoxy) is 3. The molecule has 0 spiro atoms. The minimum Gasteiger partial charge on any atom is -0.465 e. The largest absolute Gasteiger partial charge is 0.465 e. The maximum Gasteiger partial charge on any atom is 0.404 e. The number of hydrogen-bond donors (Lipinski definition) is 3. The molecule has 0 aromatic heterocycles. The van der Waals surface area contributed by atoms with Crippen LogP contribution in [-0.2, 0) is 6.54 Å². The molecule has 1 aliphatic heterocycles. The molecule has 22 heavy (non-hydrogen) atoms. The number of hydrogen-bond acceptors (Lipinski definition) is 5. The molecule has 0 bridgehead atoms. The Hall–Kier alpha value is -3.09. The average Bonchev–Trinajstić information content (AvgIpc) is 2.95. The summed E-state index contributed by atoms with van der Waals surface area (Å²) in [6, 6.07) is 10.3. The fourth-order valence-corrected chi connectivity index (χ4v) is 2.05. The zero-order valence-corrected chi connectivity index (χ0v) is 11.5. The second kappa shape index (κ2) is 5.72. The van der Waals surface area contributed by atoms with Crippen LogP contribution in [0, 0.1) is 0 Å². The monoisotopic (exact) mass is 302 g/mol. The SMILES string of the molecule is Nc1ccc(Oc2ccc3c(c2)OCO3)cc1CNC(=O)O. The van der Waals surface area contributed by atoms with Gasteiger partial charge < -0.3 is 30.4 Å². The van der Waals surface area contributed by atoms with E-state index in [0.717, 1.165) is 0 Å². The number of anilines is 1. The van der Waals surface area contributed by atoms with Crippen molar-refractivity contribution in [3.63, 3.8) is 0 Å². The number of nitrogens with two attached hydrogens (primary N) is 1. The van der Waals surface area contributed by atoms with Gasteiger partial charge in [-0.1, -0.05) is 0 Å². The van der Waals surface area contributed by atoms with Crippen LogP contribution >= 0.6 is 0 Å². The third-order valence-electron chi connectivity index (χ3n) is 3.12. The molecular weight excluding hydrogens is 288 g/mol. The van der Waals surface area contributed by atoms with Crippen LogP contribution in [0.3, 0.4) is 0 Å². The standard InChI is InChI=1S/C15H14N2O5/c16-12-3-1-10(5-9(12)7-17-15(18)19)22-11-2-4-13-14(6-11)21-8-20-13/h1-6,17H,7-8,16H2,(H,18,19). The van der Waals surface area contributed by atoms with Gasteiger partial charge in [-0.25, -0.2) is 4.79 Å². The molecule has 0 fully saturated rings. The van der Waals surface area contributed by atoms with Crippen molar-refractivity contribution in [1.82, 2.24) is 5.32 Å². The lowest BCUT2D eigenvalue weighted by Crippen LogP contribution is -2.20. The van der Waals surface area contributed by atoms with Gasteiger partial charge in [0.05, 0.1) is 0 Å². The van der Waals surface area contributed by atoms with Gasteiger partial charge in [0, 0.05) is 18.3 Å². The first kappa shape index (κ1) is 13.9. The molecule has 1 aliphatic rings. The highest BCUT2D eigenvalue weighted by Gasteiger charge is 2.14. The minimum absolute atomic E-state index is 0.111. The number of amides is 1. The molecule has 0 radical (unpaired) electrons. The second-order valence-corrected chi connectivity index (χ2v) is 4.64. The molecular formula is C15H14N2O5. The van der Waals surface area contributed by atoms with E-state index in [0.29, 0.717) is 34.2 Å². The van der Waals surface area contributed by atoms with Crippen molar-refractivity contribution < 1.29 is 24.1 Å². The van der Waals surface area contributed by atoms with Crippen molar-refractivity contribution in [2.75, 3.05) is 12.5 Å². The fraction of sp³-hybridized carbons (Fsp3) is 0.133. The van der Waals surface area contributed by atoms with Crippen LogP contribution in [0.2, 0.25) is 0 Å². The van der Waals surface area contributed by atoms with Crippen molar-refractivity contribution in [2.45, 2.75) is 6.54 Å². The summed E-state index contributed by atoms with van der Waals surface area (Å²) >= 11 is 0. The molecule has 114 valence electrons. The molecule has 3 rings (SSSR count). The fourth-order valence-electron chi connectivity index (χ4n) is 2.05. The van der Waals surface area contributed by atoms with Gasteiger partial charge >= 0.3 is 6.09 Å². The normalized spacial score (nSPS) is 12.0. The van der Waals surface area contributed by atoms with Gasteiger partial charge in [-0.15, -0.1) is 0 Å². The van der Waals surface area contributed by atoms with Crippen molar-refractivity contribution in [3.05, 3.63) is 42.0 Å². The van der Waals surface area contributed by atoms with Crippen LogP contribution in [0.5, 0.6) is 23.0 Å². The molecule has 0 aliphatic carbocycles. The van der Waals surface area contributed by atoms with Crippen molar-refractivity contribution in [2.24, 2.45) is 0 Å². The first-order valence-electron chi connectivity index (χ1n) is 6.54. The maximum absolute atomic E-state index is 10.6. The van der Waals surface area contributed by atoms with E-state index < -0.39 is 6.09 Å². The highest BCUT2D eigenvalue weighted by Crippen LogP contribution is 2.36. The third-order valence-corrected chi connectivity index (χ3v) is 3.12. The maximum atomic E-state index is 10.6. The lowest BCUT2D eigenvalue weighted by Gasteiger charge is -2.10. The number of fused-ring (bicyclic) bond motifs is 1. The van der Waals surface area contributed by atoms with E-state index in [1.807, 2.05) is 0 Å². The quantitative estimate of drug-likeness (QED) is 0.750. The van der Waals surface area contributed by atoms with Gasteiger partial charge in [-0.3, -0.25) is 0 Å². The zero-order chi connectivity index (χ0) is 15.5. The van der Waals surface area contributed by atoms with Crippen molar-refractivity contribution in [1.29, 1.82) is 0 Å². The summed E-state index contributed by atoms with van der Waals surface area (Å²) in [7, 11) is 0. The van der Waals surface area contributed by atoms with Crippen molar-refractivity contribution >= 4 is 11.8 Å². The molecule has 1 amide bonds. The Labute approximate surface area is 126 Å². The minimum atomic E-state index is -1.11. The van der Waals surface area contributed by atoms with Crippen LogP contribution in [-0.4, -0.2) is 18.0 Å². The second-order valence-electron chi connectivity index (χ2n) is 4.64. The zero-order valence-electron chi connectivity index (χ0n) is 11.5. The topological polar surface area (TPSA) is 103 Å². The Morgan fingerprint density at radius 1 is 1.18 bits per heavy atom. The summed E-state index contributed by atoms with van der Waals surface area (Å²) in [4.78, 5) is 10.6.